The second-order valence-corrected chi connectivity index (χ2v) is 5.02. The predicted octanol–water partition coefficient (Wildman–Crippen LogP) is 2.70. The molecule has 1 aliphatic rings. The van der Waals surface area contributed by atoms with Crippen molar-refractivity contribution in [1.82, 2.24) is 4.90 Å². The van der Waals surface area contributed by atoms with Crippen LogP contribution in [0.25, 0.3) is 0 Å². The van der Waals surface area contributed by atoms with E-state index in [0.29, 0.717) is 6.54 Å². The monoisotopic (exact) mass is 255 g/mol. The average molecular weight is 255 g/mol. The summed E-state index contributed by atoms with van der Waals surface area (Å²) in [4.78, 5) is 2.15. The summed E-state index contributed by atoms with van der Waals surface area (Å²) >= 11 is 0. The van der Waals surface area contributed by atoms with E-state index in [1.54, 1.807) is 13.0 Å². The van der Waals surface area contributed by atoms with Gasteiger partial charge in [-0.1, -0.05) is 12.5 Å². The van der Waals surface area contributed by atoms with E-state index < -0.39 is 17.7 Å². The Labute approximate surface area is 106 Å². The van der Waals surface area contributed by atoms with Gasteiger partial charge in [-0.05, 0) is 44.0 Å². The summed E-state index contributed by atoms with van der Waals surface area (Å²) in [5.41, 5.74) is 0.751. The molecule has 0 amide bonds. The van der Waals surface area contributed by atoms with Gasteiger partial charge in [0, 0.05) is 12.6 Å². The fraction of sp³-hybridized carbons (Fsp3) is 0.571. The highest BCUT2D eigenvalue weighted by Gasteiger charge is 2.26. The van der Waals surface area contributed by atoms with Gasteiger partial charge in [0.2, 0.25) is 0 Å². The summed E-state index contributed by atoms with van der Waals surface area (Å²) in [7, 11) is 0. The molecular weight excluding hydrogens is 236 g/mol. The molecule has 1 N–H and O–H groups in total. The Hall–Kier alpha value is -1.00. The molecule has 0 aliphatic carbocycles. The molecule has 0 radical (unpaired) electrons. The third-order valence-corrected chi connectivity index (χ3v) is 3.59. The minimum Gasteiger partial charge on any atom is -0.392 e. The molecule has 18 heavy (non-hydrogen) atoms. The molecule has 2 nitrogen and oxygen atoms in total. The van der Waals surface area contributed by atoms with Gasteiger partial charge in [0.05, 0.1) is 6.10 Å². The maximum absolute atomic E-state index is 13.1. The topological polar surface area (TPSA) is 23.5 Å². The summed E-state index contributed by atoms with van der Waals surface area (Å²) < 4.78 is 26.0. The van der Waals surface area contributed by atoms with Crippen molar-refractivity contribution in [2.45, 2.75) is 44.9 Å². The van der Waals surface area contributed by atoms with E-state index in [1.165, 1.54) is 6.07 Å². The van der Waals surface area contributed by atoms with Crippen LogP contribution >= 0.6 is 0 Å². The first-order valence-corrected chi connectivity index (χ1v) is 6.44. The number of hydrogen-bond donors (Lipinski definition) is 1. The highest BCUT2D eigenvalue weighted by Crippen LogP contribution is 2.22. The molecule has 1 heterocycles. The van der Waals surface area contributed by atoms with Crippen molar-refractivity contribution in [3.63, 3.8) is 0 Å². The minimum absolute atomic E-state index is 0.117. The lowest BCUT2D eigenvalue weighted by Crippen LogP contribution is -2.45. The van der Waals surface area contributed by atoms with Gasteiger partial charge in [-0.2, -0.15) is 0 Å². The summed E-state index contributed by atoms with van der Waals surface area (Å²) in [5, 5.41) is 9.75. The minimum atomic E-state index is -0.815. The van der Waals surface area contributed by atoms with E-state index >= 15 is 0 Å². The van der Waals surface area contributed by atoms with E-state index in [-0.39, 0.29) is 6.04 Å². The summed E-state index contributed by atoms with van der Waals surface area (Å²) in [6, 6.07) is 4.12. The quantitative estimate of drug-likeness (QED) is 0.897. The number of aliphatic hydroxyl groups is 1. The third kappa shape index (κ3) is 3.06. The second-order valence-electron chi connectivity index (χ2n) is 5.02. The molecule has 1 aliphatic heterocycles. The Morgan fingerprint density at radius 2 is 2.11 bits per heavy atom. The molecule has 0 saturated carbocycles. The Morgan fingerprint density at radius 1 is 1.33 bits per heavy atom. The van der Waals surface area contributed by atoms with Gasteiger partial charge in [0.1, 0.15) is 0 Å². The molecule has 0 bridgehead atoms. The first-order chi connectivity index (χ1) is 8.58. The Balaban J connectivity index is 2.08. The van der Waals surface area contributed by atoms with Crippen molar-refractivity contribution < 1.29 is 13.9 Å². The maximum atomic E-state index is 13.1. The average Bonchev–Trinajstić information content (AvgIpc) is 2.34. The van der Waals surface area contributed by atoms with E-state index in [4.69, 9.17) is 0 Å². The second kappa shape index (κ2) is 5.76. The van der Waals surface area contributed by atoms with E-state index in [9.17, 15) is 13.9 Å². The molecule has 0 aromatic heterocycles. The molecule has 1 aromatic rings. The number of likely N-dealkylation sites (tertiary alicyclic amines) is 1. The fourth-order valence-corrected chi connectivity index (χ4v) is 2.63. The van der Waals surface area contributed by atoms with Gasteiger partial charge in [-0.3, -0.25) is 4.90 Å². The fourth-order valence-electron chi connectivity index (χ4n) is 2.63. The van der Waals surface area contributed by atoms with Crippen LogP contribution in [0, 0.1) is 11.6 Å². The van der Waals surface area contributed by atoms with Crippen molar-refractivity contribution in [1.29, 1.82) is 0 Å². The van der Waals surface area contributed by atoms with Gasteiger partial charge in [-0.25, -0.2) is 8.78 Å². The number of rotatable bonds is 3. The standard InChI is InChI=1S/C14H19F2NO/c1-10(18)14-4-2-3-7-17(14)9-11-5-6-12(15)13(16)8-11/h5-6,8,10,14,18H,2-4,7,9H2,1H3. The van der Waals surface area contributed by atoms with Crippen molar-refractivity contribution in [2.24, 2.45) is 0 Å². The van der Waals surface area contributed by atoms with Crippen molar-refractivity contribution in [3.8, 4) is 0 Å². The molecule has 1 aromatic carbocycles. The van der Waals surface area contributed by atoms with Crippen molar-refractivity contribution >= 4 is 0 Å². The zero-order valence-corrected chi connectivity index (χ0v) is 10.6. The summed E-state index contributed by atoms with van der Waals surface area (Å²) in [6.45, 7) is 3.25. The lowest BCUT2D eigenvalue weighted by molar-refractivity contribution is 0.0316. The smallest absolute Gasteiger partial charge is 0.159 e. The Bertz CT molecular complexity index is 409. The first-order valence-electron chi connectivity index (χ1n) is 6.44. The normalized spacial score (nSPS) is 23.0. The summed E-state index contributed by atoms with van der Waals surface area (Å²) in [6.07, 6.45) is 2.77. The molecule has 2 rings (SSSR count). The predicted molar refractivity (Wildman–Crippen MR) is 66.1 cm³/mol. The van der Waals surface area contributed by atoms with Crippen LogP contribution in [0.5, 0.6) is 0 Å². The zero-order valence-electron chi connectivity index (χ0n) is 10.6. The molecule has 1 fully saturated rings. The molecule has 2 atom stereocenters. The van der Waals surface area contributed by atoms with Crippen LogP contribution in [-0.2, 0) is 6.54 Å². The Morgan fingerprint density at radius 3 is 2.78 bits per heavy atom. The van der Waals surface area contributed by atoms with Gasteiger partial charge in [0.25, 0.3) is 0 Å². The number of halogens is 2. The summed E-state index contributed by atoms with van der Waals surface area (Å²) in [5.74, 6) is -1.62. The molecule has 2 unspecified atom stereocenters. The van der Waals surface area contributed by atoms with Crippen molar-refractivity contribution in [3.05, 3.63) is 35.4 Å². The van der Waals surface area contributed by atoms with Gasteiger partial charge in [0.15, 0.2) is 11.6 Å². The molecule has 4 heteroatoms. The van der Waals surface area contributed by atoms with Gasteiger partial charge < -0.3 is 5.11 Å². The van der Waals surface area contributed by atoms with Crippen LogP contribution in [0.15, 0.2) is 18.2 Å². The zero-order chi connectivity index (χ0) is 13.1. The highest BCUT2D eigenvalue weighted by atomic mass is 19.2. The number of benzene rings is 1. The van der Waals surface area contributed by atoms with Crippen LogP contribution in [-0.4, -0.2) is 28.7 Å². The number of hydrogen-bond acceptors (Lipinski definition) is 2. The van der Waals surface area contributed by atoms with Crippen molar-refractivity contribution in [2.75, 3.05) is 6.54 Å². The van der Waals surface area contributed by atoms with Crippen LogP contribution in [0.4, 0.5) is 8.78 Å². The highest BCUT2D eigenvalue weighted by molar-refractivity contribution is 5.18. The largest absolute Gasteiger partial charge is 0.392 e. The molecule has 100 valence electrons. The van der Waals surface area contributed by atoms with Gasteiger partial charge in [-0.15, -0.1) is 0 Å². The van der Waals surface area contributed by atoms with Crippen LogP contribution in [0.1, 0.15) is 31.7 Å². The van der Waals surface area contributed by atoms with E-state index in [0.717, 1.165) is 37.4 Å². The van der Waals surface area contributed by atoms with Crippen LogP contribution < -0.4 is 0 Å². The van der Waals surface area contributed by atoms with Gasteiger partial charge >= 0.3 is 0 Å². The lowest BCUT2D eigenvalue weighted by atomic mass is 9.97. The molecule has 0 spiro atoms. The Kier molecular flexibility index (Phi) is 4.30. The SMILES string of the molecule is CC(O)C1CCCCN1Cc1ccc(F)c(F)c1. The molecule has 1 saturated heterocycles. The van der Waals surface area contributed by atoms with Crippen LogP contribution in [0.2, 0.25) is 0 Å². The lowest BCUT2D eigenvalue weighted by Gasteiger charge is -2.37. The molecular formula is C14H19F2NO. The number of piperidine rings is 1. The maximum Gasteiger partial charge on any atom is 0.159 e. The number of nitrogens with zero attached hydrogens (tertiary/aromatic N) is 1. The number of aliphatic hydroxyl groups excluding tert-OH is 1. The van der Waals surface area contributed by atoms with E-state index in [1.807, 2.05) is 0 Å². The van der Waals surface area contributed by atoms with Crippen LogP contribution in [0.3, 0.4) is 0 Å². The first kappa shape index (κ1) is 13.4. The van der Waals surface area contributed by atoms with E-state index in [2.05, 4.69) is 4.90 Å². The third-order valence-electron chi connectivity index (χ3n) is 3.59.